The van der Waals surface area contributed by atoms with Gasteiger partial charge in [0.15, 0.2) is 0 Å². The Morgan fingerprint density at radius 1 is 1.33 bits per heavy atom. The smallest absolute Gasteiger partial charge is 0.347 e. The Bertz CT molecular complexity index is 1100. The number of halogens is 4. The summed E-state index contributed by atoms with van der Waals surface area (Å²) >= 11 is 0. The average molecular weight is 421 g/mol. The Hall–Kier alpha value is -3.14. The molecular weight excluding hydrogens is 402 g/mol. The van der Waals surface area contributed by atoms with Crippen molar-refractivity contribution in [3.63, 3.8) is 0 Å². The molecule has 0 bridgehead atoms. The zero-order valence-corrected chi connectivity index (χ0v) is 16.0. The van der Waals surface area contributed by atoms with E-state index in [9.17, 15) is 22.4 Å². The molecule has 10 heteroatoms. The number of amides is 1. The molecule has 2 aromatic rings. The van der Waals surface area contributed by atoms with Crippen LogP contribution in [0.3, 0.4) is 0 Å². The SMILES string of the molecule is CC1C=C(F)C(CNC(=O)c2cc3ccc(C4=C(C(F)(F)F)NNC4)nc3[nH]2)=CC1. The van der Waals surface area contributed by atoms with Crippen molar-refractivity contribution in [2.45, 2.75) is 19.5 Å². The Kier molecular flexibility index (Phi) is 5.10. The molecule has 0 saturated heterocycles. The number of aromatic amines is 1. The van der Waals surface area contributed by atoms with Crippen LogP contribution in [-0.2, 0) is 0 Å². The molecular formula is C20H19F4N5O. The van der Waals surface area contributed by atoms with Gasteiger partial charge in [0, 0.05) is 29.6 Å². The molecule has 1 amide bonds. The summed E-state index contributed by atoms with van der Waals surface area (Å²) in [5.41, 5.74) is 4.73. The number of allylic oxidation sites excluding steroid dienone is 3. The third-order valence-corrected chi connectivity index (χ3v) is 5.01. The molecule has 158 valence electrons. The lowest BCUT2D eigenvalue weighted by Crippen LogP contribution is -2.30. The predicted octanol–water partition coefficient (Wildman–Crippen LogP) is 3.49. The third kappa shape index (κ3) is 3.95. The molecule has 6 nitrogen and oxygen atoms in total. The van der Waals surface area contributed by atoms with Crippen molar-refractivity contribution in [2.75, 3.05) is 13.1 Å². The number of H-pyrrole nitrogens is 1. The summed E-state index contributed by atoms with van der Waals surface area (Å²) in [5.74, 6) is -0.678. The monoisotopic (exact) mass is 421 g/mol. The summed E-state index contributed by atoms with van der Waals surface area (Å²) in [6, 6.07) is 4.62. The van der Waals surface area contributed by atoms with E-state index in [-0.39, 0.29) is 47.4 Å². The van der Waals surface area contributed by atoms with E-state index in [0.29, 0.717) is 17.4 Å². The van der Waals surface area contributed by atoms with Gasteiger partial charge in [0.2, 0.25) is 0 Å². The first-order chi connectivity index (χ1) is 14.2. The van der Waals surface area contributed by atoms with Crippen LogP contribution in [-0.4, -0.2) is 35.1 Å². The number of hydrogen-bond acceptors (Lipinski definition) is 4. The number of hydrogen-bond donors (Lipinski definition) is 4. The minimum absolute atomic E-state index is 0.00859. The van der Waals surface area contributed by atoms with E-state index in [0.717, 1.165) is 0 Å². The van der Waals surface area contributed by atoms with Crippen LogP contribution in [0.5, 0.6) is 0 Å². The van der Waals surface area contributed by atoms with Crippen LogP contribution in [0.25, 0.3) is 16.6 Å². The molecule has 0 spiro atoms. The number of nitrogens with one attached hydrogen (secondary N) is 4. The molecule has 1 unspecified atom stereocenters. The fourth-order valence-corrected chi connectivity index (χ4v) is 3.42. The van der Waals surface area contributed by atoms with Crippen LogP contribution in [0.4, 0.5) is 17.6 Å². The zero-order chi connectivity index (χ0) is 21.5. The maximum atomic E-state index is 14.0. The predicted molar refractivity (Wildman–Crippen MR) is 104 cm³/mol. The topological polar surface area (TPSA) is 81.8 Å². The van der Waals surface area contributed by atoms with E-state index in [2.05, 4.69) is 26.1 Å². The number of rotatable bonds is 4. The summed E-state index contributed by atoms with van der Waals surface area (Å²) in [6.45, 7) is 1.91. The molecule has 0 fully saturated rings. The van der Waals surface area contributed by atoms with Crippen molar-refractivity contribution in [2.24, 2.45) is 5.92 Å². The number of pyridine rings is 1. The second-order valence-corrected chi connectivity index (χ2v) is 7.29. The molecule has 3 heterocycles. The molecule has 1 atom stereocenters. The lowest BCUT2D eigenvalue weighted by atomic mass is 9.97. The normalized spacial score (nSPS) is 19.6. The van der Waals surface area contributed by atoms with Crippen LogP contribution < -0.4 is 16.2 Å². The van der Waals surface area contributed by atoms with Gasteiger partial charge in [-0.1, -0.05) is 13.0 Å². The minimum Gasteiger partial charge on any atom is -0.347 e. The van der Waals surface area contributed by atoms with E-state index in [1.807, 2.05) is 6.92 Å². The third-order valence-electron chi connectivity index (χ3n) is 5.01. The fourth-order valence-electron chi connectivity index (χ4n) is 3.42. The van der Waals surface area contributed by atoms with Gasteiger partial charge in [-0.2, -0.15) is 13.2 Å². The number of aromatic nitrogens is 2. The van der Waals surface area contributed by atoms with Crippen molar-refractivity contribution in [1.82, 2.24) is 26.1 Å². The quantitative estimate of drug-likeness (QED) is 0.570. The average Bonchev–Trinajstić information content (AvgIpc) is 3.33. The van der Waals surface area contributed by atoms with E-state index < -0.39 is 17.8 Å². The highest BCUT2D eigenvalue weighted by Gasteiger charge is 2.39. The van der Waals surface area contributed by atoms with Gasteiger partial charge < -0.3 is 15.7 Å². The van der Waals surface area contributed by atoms with E-state index >= 15 is 0 Å². The Morgan fingerprint density at radius 2 is 2.13 bits per heavy atom. The second kappa shape index (κ2) is 7.60. The molecule has 30 heavy (non-hydrogen) atoms. The maximum absolute atomic E-state index is 14.0. The number of alkyl halides is 3. The summed E-state index contributed by atoms with van der Waals surface area (Å²) in [4.78, 5) is 19.5. The highest BCUT2D eigenvalue weighted by Crippen LogP contribution is 2.32. The first-order valence-corrected chi connectivity index (χ1v) is 9.36. The number of carbonyl (C=O) groups excluding carboxylic acids is 1. The van der Waals surface area contributed by atoms with Gasteiger partial charge >= 0.3 is 6.18 Å². The molecule has 0 aromatic carbocycles. The van der Waals surface area contributed by atoms with Gasteiger partial charge in [-0.25, -0.2) is 14.8 Å². The molecule has 4 rings (SSSR count). The van der Waals surface area contributed by atoms with E-state index in [4.69, 9.17) is 0 Å². The fraction of sp³-hybridized carbons (Fsp3) is 0.300. The standard InChI is InChI=1S/C20H19F4N5O/c1-10-2-3-12(14(21)6-10)8-25-19(30)16-7-11-4-5-15(27-18(11)28-16)13-9-26-29-17(13)20(22,23)24/h3-7,10,26,29H,2,8-9H2,1H3,(H,25,30)(H,27,28). The van der Waals surface area contributed by atoms with Crippen molar-refractivity contribution >= 4 is 22.5 Å². The van der Waals surface area contributed by atoms with Crippen molar-refractivity contribution in [1.29, 1.82) is 0 Å². The largest absolute Gasteiger partial charge is 0.432 e. The van der Waals surface area contributed by atoms with Gasteiger partial charge in [-0.15, -0.1) is 0 Å². The van der Waals surface area contributed by atoms with Crippen LogP contribution in [0.15, 0.2) is 47.4 Å². The zero-order valence-electron chi connectivity index (χ0n) is 16.0. The highest BCUT2D eigenvalue weighted by atomic mass is 19.4. The van der Waals surface area contributed by atoms with Gasteiger partial charge in [0.1, 0.15) is 22.9 Å². The lowest BCUT2D eigenvalue weighted by Gasteiger charge is -2.14. The summed E-state index contributed by atoms with van der Waals surface area (Å²) in [5, 5.41) is 3.22. The molecule has 4 N–H and O–H groups in total. The first-order valence-electron chi connectivity index (χ1n) is 9.36. The lowest BCUT2D eigenvalue weighted by molar-refractivity contribution is -0.0959. The number of nitrogens with zero attached hydrogens (tertiary/aromatic N) is 1. The Morgan fingerprint density at radius 3 is 2.87 bits per heavy atom. The molecule has 1 aliphatic carbocycles. The molecule has 0 saturated carbocycles. The highest BCUT2D eigenvalue weighted by molar-refractivity contribution is 5.97. The van der Waals surface area contributed by atoms with Crippen molar-refractivity contribution in [3.8, 4) is 0 Å². The summed E-state index contributed by atoms with van der Waals surface area (Å²) in [7, 11) is 0. The molecule has 2 aliphatic rings. The second-order valence-electron chi connectivity index (χ2n) is 7.29. The van der Waals surface area contributed by atoms with Gasteiger partial charge in [0.25, 0.3) is 5.91 Å². The van der Waals surface area contributed by atoms with Crippen LogP contribution >= 0.6 is 0 Å². The van der Waals surface area contributed by atoms with Gasteiger partial charge in [0.05, 0.1) is 5.69 Å². The summed E-state index contributed by atoms with van der Waals surface area (Å²) in [6.07, 6.45) is -0.551. The maximum Gasteiger partial charge on any atom is 0.432 e. The number of carbonyl (C=O) groups is 1. The van der Waals surface area contributed by atoms with Crippen LogP contribution in [0.2, 0.25) is 0 Å². The number of fused-ring (bicyclic) bond motifs is 1. The summed E-state index contributed by atoms with van der Waals surface area (Å²) < 4.78 is 53.3. The van der Waals surface area contributed by atoms with Crippen molar-refractivity contribution < 1.29 is 22.4 Å². The first kappa shape index (κ1) is 20.1. The Balaban J connectivity index is 1.53. The van der Waals surface area contributed by atoms with E-state index in [1.54, 1.807) is 18.2 Å². The minimum atomic E-state index is -4.54. The molecule has 1 aliphatic heterocycles. The number of hydrazine groups is 1. The van der Waals surface area contributed by atoms with E-state index in [1.165, 1.54) is 12.1 Å². The molecule has 0 radical (unpaired) electrons. The van der Waals surface area contributed by atoms with Gasteiger partial charge in [-0.3, -0.25) is 4.79 Å². The Labute approximate surface area is 169 Å². The van der Waals surface area contributed by atoms with Gasteiger partial charge in [-0.05, 0) is 36.6 Å². The molecule has 2 aromatic heterocycles. The van der Waals surface area contributed by atoms with Crippen LogP contribution in [0, 0.1) is 5.92 Å². The van der Waals surface area contributed by atoms with Crippen molar-refractivity contribution in [3.05, 3.63) is 58.8 Å². The van der Waals surface area contributed by atoms with Crippen LogP contribution in [0.1, 0.15) is 29.5 Å².